The molecule has 0 radical (unpaired) electrons. The van der Waals surface area contributed by atoms with Gasteiger partial charge in [-0.05, 0) is 12.1 Å². The molecule has 0 aliphatic rings. The third kappa shape index (κ3) is 3.13. The second-order valence-corrected chi connectivity index (χ2v) is 4.33. The van der Waals surface area contributed by atoms with E-state index in [-0.39, 0.29) is 16.2 Å². The Balaban J connectivity index is 2.38. The molecule has 2 aromatic rings. The van der Waals surface area contributed by atoms with Gasteiger partial charge in [-0.25, -0.2) is 9.97 Å². The number of para-hydroxylation sites is 1. The van der Waals surface area contributed by atoms with E-state index in [4.69, 9.17) is 23.2 Å². The number of anilines is 2. The predicted octanol–water partition coefficient (Wildman–Crippen LogP) is 2.89. The first kappa shape index (κ1) is 13.6. The van der Waals surface area contributed by atoms with Crippen LogP contribution in [0.1, 0.15) is 10.4 Å². The van der Waals surface area contributed by atoms with Crippen molar-refractivity contribution in [1.29, 1.82) is 0 Å². The summed E-state index contributed by atoms with van der Waals surface area (Å²) in [6, 6.07) is 6.98. The normalized spacial score (nSPS) is 10.1. The van der Waals surface area contributed by atoms with Crippen LogP contribution < -0.4 is 10.6 Å². The number of carbonyl (C=O) groups is 1. The van der Waals surface area contributed by atoms with Crippen LogP contribution in [0.3, 0.4) is 0 Å². The molecule has 0 atom stereocenters. The Labute approximate surface area is 120 Å². The molecule has 98 valence electrons. The van der Waals surface area contributed by atoms with Gasteiger partial charge in [-0.3, -0.25) is 4.79 Å². The summed E-state index contributed by atoms with van der Waals surface area (Å²) in [7, 11) is 1.56. The molecule has 1 amide bonds. The van der Waals surface area contributed by atoms with Gasteiger partial charge in [0.15, 0.2) is 11.0 Å². The highest BCUT2D eigenvalue weighted by Crippen LogP contribution is 2.25. The van der Waals surface area contributed by atoms with Gasteiger partial charge in [0.05, 0.1) is 17.4 Å². The van der Waals surface area contributed by atoms with E-state index in [9.17, 15) is 4.79 Å². The van der Waals surface area contributed by atoms with Gasteiger partial charge < -0.3 is 10.6 Å². The standard InChI is InChI=1S/C12H10Cl2N4O/c1-15-12(19)7-4-2-3-5-8(7)17-11-10(14)16-6-9(13)18-11/h2-6H,1H3,(H,15,19)(H,17,18). The zero-order valence-electron chi connectivity index (χ0n) is 9.95. The summed E-state index contributed by atoms with van der Waals surface area (Å²) < 4.78 is 0. The molecule has 0 saturated carbocycles. The number of hydrogen-bond donors (Lipinski definition) is 2. The highest BCUT2D eigenvalue weighted by Gasteiger charge is 2.12. The molecule has 0 aliphatic carbocycles. The molecule has 0 fully saturated rings. The summed E-state index contributed by atoms with van der Waals surface area (Å²) in [6.07, 6.45) is 1.35. The maximum atomic E-state index is 11.7. The fourth-order valence-electron chi connectivity index (χ4n) is 1.48. The number of nitrogens with zero attached hydrogens (tertiary/aromatic N) is 2. The van der Waals surface area contributed by atoms with Crippen molar-refractivity contribution in [2.45, 2.75) is 0 Å². The van der Waals surface area contributed by atoms with Crippen molar-refractivity contribution < 1.29 is 4.79 Å². The Morgan fingerprint density at radius 2 is 2.00 bits per heavy atom. The molecule has 2 N–H and O–H groups in total. The highest BCUT2D eigenvalue weighted by molar-refractivity contribution is 6.33. The van der Waals surface area contributed by atoms with E-state index in [1.807, 2.05) is 0 Å². The van der Waals surface area contributed by atoms with Crippen molar-refractivity contribution >= 4 is 40.6 Å². The van der Waals surface area contributed by atoms with E-state index in [1.54, 1.807) is 31.3 Å². The summed E-state index contributed by atoms with van der Waals surface area (Å²) in [5.41, 5.74) is 1.04. The second-order valence-electron chi connectivity index (χ2n) is 3.58. The number of hydrogen-bond acceptors (Lipinski definition) is 4. The molecular formula is C12H10Cl2N4O. The summed E-state index contributed by atoms with van der Waals surface area (Å²) in [6.45, 7) is 0. The zero-order valence-corrected chi connectivity index (χ0v) is 11.5. The van der Waals surface area contributed by atoms with E-state index < -0.39 is 0 Å². The van der Waals surface area contributed by atoms with Gasteiger partial charge in [-0.2, -0.15) is 0 Å². The van der Waals surface area contributed by atoms with Crippen LogP contribution in [-0.2, 0) is 0 Å². The second kappa shape index (κ2) is 5.86. The van der Waals surface area contributed by atoms with Crippen LogP contribution >= 0.6 is 23.2 Å². The minimum Gasteiger partial charge on any atom is -0.355 e. The number of carbonyl (C=O) groups excluding carboxylic acids is 1. The maximum Gasteiger partial charge on any atom is 0.253 e. The lowest BCUT2D eigenvalue weighted by Gasteiger charge is -2.11. The van der Waals surface area contributed by atoms with Crippen LogP contribution in [0.25, 0.3) is 0 Å². The smallest absolute Gasteiger partial charge is 0.253 e. The van der Waals surface area contributed by atoms with Crippen molar-refractivity contribution in [2.75, 3.05) is 12.4 Å². The largest absolute Gasteiger partial charge is 0.355 e. The number of rotatable bonds is 3. The SMILES string of the molecule is CNC(=O)c1ccccc1Nc1nc(Cl)cnc1Cl. The topological polar surface area (TPSA) is 66.9 Å². The first-order valence-electron chi connectivity index (χ1n) is 5.38. The third-order valence-corrected chi connectivity index (χ3v) is 2.81. The average molecular weight is 297 g/mol. The molecule has 1 heterocycles. The minimum absolute atomic E-state index is 0.177. The van der Waals surface area contributed by atoms with Gasteiger partial charge in [0.25, 0.3) is 5.91 Å². The van der Waals surface area contributed by atoms with Crippen LogP contribution in [0.15, 0.2) is 30.5 Å². The number of amides is 1. The van der Waals surface area contributed by atoms with Crippen molar-refractivity contribution in [1.82, 2.24) is 15.3 Å². The summed E-state index contributed by atoms with van der Waals surface area (Å²) in [5.74, 6) is 0.0831. The van der Waals surface area contributed by atoms with Gasteiger partial charge in [0.2, 0.25) is 0 Å². The first-order chi connectivity index (χ1) is 9.11. The Bertz CT molecular complexity index is 618. The highest BCUT2D eigenvalue weighted by atomic mass is 35.5. The number of halogens is 2. The molecule has 5 nitrogen and oxygen atoms in total. The molecule has 0 aliphatic heterocycles. The summed E-state index contributed by atoms with van der Waals surface area (Å²) in [5, 5.41) is 5.89. The van der Waals surface area contributed by atoms with Gasteiger partial charge in [0.1, 0.15) is 5.15 Å². The summed E-state index contributed by atoms with van der Waals surface area (Å²) >= 11 is 11.7. The minimum atomic E-state index is -0.214. The number of aromatic nitrogens is 2. The van der Waals surface area contributed by atoms with Gasteiger partial charge in [-0.15, -0.1) is 0 Å². The van der Waals surface area contributed by atoms with E-state index in [2.05, 4.69) is 20.6 Å². The lowest BCUT2D eigenvalue weighted by Crippen LogP contribution is -2.19. The first-order valence-corrected chi connectivity index (χ1v) is 6.13. The van der Waals surface area contributed by atoms with E-state index in [0.717, 1.165) is 0 Å². The monoisotopic (exact) mass is 296 g/mol. The van der Waals surface area contributed by atoms with E-state index >= 15 is 0 Å². The molecule has 2 rings (SSSR count). The lowest BCUT2D eigenvalue weighted by atomic mass is 10.1. The van der Waals surface area contributed by atoms with Crippen molar-refractivity contribution in [2.24, 2.45) is 0 Å². The molecule has 1 aromatic heterocycles. The third-order valence-electron chi connectivity index (χ3n) is 2.35. The fraction of sp³-hybridized carbons (Fsp3) is 0.0833. The zero-order chi connectivity index (χ0) is 13.8. The van der Waals surface area contributed by atoms with E-state index in [1.165, 1.54) is 6.20 Å². The van der Waals surface area contributed by atoms with Crippen LogP contribution in [0.2, 0.25) is 10.3 Å². The van der Waals surface area contributed by atoms with Crippen LogP contribution in [-0.4, -0.2) is 22.9 Å². The predicted molar refractivity (Wildman–Crippen MR) is 75.2 cm³/mol. The molecular weight excluding hydrogens is 287 g/mol. The molecule has 19 heavy (non-hydrogen) atoms. The van der Waals surface area contributed by atoms with E-state index in [0.29, 0.717) is 17.1 Å². The van der Waals surface area contributed by atoms with Gasteiger partial charge >= 0.3 is 0 Å². The fourth-order valence-corrected chi connectivity index (χ4v) is 1.76. The molecule has 0 bridgehead atoms. The van der Waals surface area contributed by atoms with Crippen molar-refractivity contribution in [3.8, 4) is 0 Å². The maximum absolute atomic E-state index is 11.7. The van der Waals surface area contributed by atoms with Gasteiger partial charge in [0, 0.05) is 7.05 Å². The number of nitrogens with one attached hydrogen (secondary N) is 2. The molecule has 0 saturated heterocycles. The van der Waals surface area contributed by atoms with Gasteiger partial charge in [-0.1, -0.05) is 35.3 Å². The Morgan fingerprint density at radius 3 is 2.74 bits per heavy atom. The Kier molecular flexibility index (Phi) is 4.19. The molecule has 0 unspecified atom stereocenters. The van der Waals surface area contributed by atoms with Crippen LogP contribution in [0.4, 0.5) is 11.5 Å². The molecule has 0 spiro atoms. The summed E-state index contributed by atoms with van der Waals surface area (Å²) in [4.78, 5) is 19.6. The Hall–Kier alpha value is -1.85. The quantitative estimate of drug-likeness (QED) is 0.914. The number of benzene rings is 1. The molecule has 1 aromatic carbocycles. The molecule has 7 heteroatoms. The van der Waals surface area contributed by atoms with Crippen LogP contribution in [0, 0.1) is 0 Å². The lowest BCUT2D eigenvalue weighted by molar-refractivity contribution is 0.0964. The van der Waals surface area contributed by atoms with Crippen molar-refractivity contribution in [3.63, 3.8) is 0 Å². The average Bonchev–Trinajstić information content (AvgIpc) is 2.42. The van der Waals surface area contributed by atoms with Crippen molar-refractivity contribution in [3.05, 3.63) is 46.3 Å². The van der Waals surface area contributed by atoms with Crippen LogP contribution in [0.5, 0.6) is 0 Å². The Morgan fingerprint density at radius 1 is 1.26 bits per heavy atom.